The van der Waals surface area contributed by atoms with Crippen LogP contribution >= 0.6 is 0 Å². The first-order valence-corrected chi connectivity index (χ1v) is 7.19. The topological polar surface area (TPSA) is 37.3 Å². The van der Waals surface area contributed by atoms with Crippen LogP contribution in [0, 0.1) is 0 Å². The molecule has 1 rings (SSSR count). The Kier molecular flexibility index (Phi) is 6.34. The van der Waals surface area contributed by atoms with Crippen LogP contribution in [0.3, 0.4) is 0 Å². The number of carboxylic acid groups (broad SMARTS) is 1. The Labute approximate surface area is 116 Å². The average molecular weight is 260 g/mol. The molecule has 2 nitrogen and oxygen atoms in total. The maximum absolute atomic E-state index is 11.1. The number of hydrogen-bond donors (Lipinski definition) is 1. The molecule has 0 aromatic heterocycles. The van der Waals surface area contributed by atoms with Crippen molar-refractivity contribution in [1.82, 2.24) is 0 Å². The Morgan fingerprint density at radius 2 is 1.95 bits per heavy atom. The molecular weight excluding hydrogens is 236 g/mol. The highest BCUT2D eigenvalue weighted by molar-refractivity contribution is 5.90. The molecule has 19 heavy (non-hydrogen) atoms. The molecule has 0 fully saturated rings. The van der Waals surface area contributed by atoms with E-state index in [2.05, 4.69) is 19.9 Å². The summed E-state index contributed by atoms with van der Waals surface area (Å²) in [7, 11) is 0. The predicted molar refractivity (Wildman–Crippen MR) is 80.6 cm³/mol. The van der Waals surface area contributed by atoms with E-state index in [1.807, 2.05) is 19.1 Å². The van der Waals surface area contributed by atoms with Gasteiger partial charge in [0.25, 0.3) is 0 Å². The summed E-state index contributed by atoms with van der Waals surface area (Å²) >= 11 is 0. The summed E-state index contributed by atoms with van der Waals surface area (Å²) < 4.78 is 0. The number of aromatic carboxylic acids is 1. The lowest BCUT2D eigenvalue weighted by molar-refractivity contribution is 0.0695. The minimum absolute atomic E-state index is 0.428. The molecule has 0 amide bonds. The van der Waals surface area contributed by atoms with Gasteiger partial charge in [-0.05, 0) is 42.0 Å². The summed E-state index contributed by atoms with van der Waals surface area (Å²) in [5, 5.41) is 9.16. The van der Waals surface area contributed by atoms with E-state index in [4.69, 9.17) is 5.11 Å². The van der Waals surface area contributed by atoms with Gasteiger partial charge in [-0.25, -0.2) is 4.79 Å². The van der Waals surface area contributed by atoms with Gasteiger partial charge < -0.3 is 5.11 Å². The Hall–Kier alpha value is -1.57. The second-order valence-corrected chi connectivity index (χ2v) is 4.80. The Balaban J connectivity index is 3.14. The Bertz CT molecular complexity index is 458. The van der Waals surface area contributed by atoms with Gasteiger partial charge in [0.2, 0.25) is 0 Å². The third kappa shape index (κ3) is 4.23. The maximum Gasteiger partial charge on any atom is 0.335 e. The molecule has 1 aromatic rings. The summed E-state index contributed by atoms with van der Waals surface area (Å²) in [6.45, 7) is 6.35. The van der Waals surface area contributed by atoms with Crippen LogP contribution in [0.25, 0.3) is 5.57 Å². The van der Waals surface area contributed by atoms with Crippen LogP contribution in [-0.4, -0.2) is 11.1 Å². The molecule has 0 aliphatic heterocycles. The predicted octanol–water partition coefficient (Wildman–Crippen LogP) is 4.93. The first-order chi connectivity index (χ1) is 9.13. The lowest BCUT2D eigenvalue weighted by Crippen LogP contribution is -2.02. The molecule has 0 saturated carbocycles. The summed E-state index contributed by atoms with van der Waals surface area (Å²) in [4.78, 5) is 11.1. The fourth-order valence-corrected chi connectivity index (χ4v) is 2.25. The summed E-state index contributed by atoms with van der Waals surface area (Å²) in [5.41, 5.74) is 3.87. The number of allylic oxidation sites excluding steroid dienone is 2. The highest BCUT2D eigenvalue weighted by Gasteiger charge is 2.10. The van der Waals surface area contributed by atoms with E-state index in [0.717, 1.165) is 37.7 Å². The van der Waals surface area contributed by atoms with E-state index >= 15 is 0 Å². The fourth-order valence-electron chi connectivity index (χ4n) is 2.25. The smallest absolute Gasteiger partial charge is 0.335 e. The van der Waals surface area contributed by atoms with Crippen molar-refractivity contribution in [1.29, 1.82) is 0 Å². The van der Waals surface area contributed by atoms with Crippen molar-refractivity contribution in [2.75, 3.05) is 0 Å². The van der Waals surface area contributed by atoms with E-state index < -0.39 is 5.97 Å². The van der Waals surface area contributed by atoms with Crippen LogP contribution < -0.4 is 0 Å². The van der Waals surface area contributed by atoms with Crippen molar-refractivity contribution in [3.8, 4) is 0 Å². The van der Waals surface area contributed by atoms with Gasteiger partial charge in [0.15, 0.2) is 0 Å². The van der Waals surface area contributed by atoms with Crippen molar-refractivity contribution in [3.05, 3.63) is 41.0 Å². The fraction of sp³-hybridized carbons (Fsp3) is 0.471. The van der Waals surface area contributed by atoms with Crippen LogP contribution in [0.1, 0.15) is 67.9 Å². The number of benzene rings is 1. The zero-order chi connectivity index (χ0) is 14.3. The highest BCUT2D eigenvalue weighted by atomic mass is 16.4. The standard InChI is InChI=1S/C17H24O2/c1-4-7-9-14(8-5-2)15-10-11-16(17(18)19)13(6-3)12-15/h9-12H,4-8H2,1-3H3,(H,18,19). The number of rotatable bonds is 7. The summed E-state index contributed by atoms with van der Waals surface area (Å²) in [6, 6.07) is 5.73. The van der Waals surface area contributed by atoms with Gasteiger partial charge in [-0.1, -0.05) is 51.8 Å². The minimum Gasteiger partial charge on any atom is -0.478 e. The Morgan fingerprint density at radius 3 is 2.47 bits per heavy atom. The number of carbonyl (C=O) groups is 1. The second-order valence-electron chi connectivity index (χ2n) is 4.80. The van der Waals surface area contributed by atoms with E-state index in [9.17, 15) is 4.79 Å². The lowest BCUT2D eigenvalue weighted by Gasteiger charge is -2.11. The molecule has 0 radical (unpaired) electrons. The molecule has 0 aliphatic rings. The number of carboxylic acids is 1. The van der Waals surface area contributed by atoms with Crippen molar-refractivity contribution in [3.63, 3.8) is 0 Å². The van der Waals surface area contributed by atoms with Crippen molar-refractivity contribution in [2.45, 2.75) is 52.9 Å². The minimum atomic E-state index is -0.835. The van der Waals surface area contributed by atoms with Gasteiger partial charge in [-0.2, -0.15) is 0 Å². The molecule has 0 aliphatic carbocycles. The monoisotopic (exact) mass is 260 g/mol. The Morgan fingerprint density at radius 1 is 1.21 bits per heavy atom. The molecule has 0 bridgehead atoms. The first kappa shape index (κ1) is 15.5. The quantitative estimate of drug-likeness (QED) is 0.754. The van der Waals surface area contributed by atoms with Crippen LogP contribution in [0.4, 0.5) is 0 Å². The average Bonchev–Trinajstić information content (AvgIpc) is 2.42. The number of aryl methyl sites for hydroxylation is 1. The van der Waals surface area contributed by atoms with Crippen LogP contribution in [0.15, 0.2) is 24.3 Å². The van der Waals surface area contributed by atoms with Gasteiger partial charge in [-0.3, -0.25) is 0 Å². The molecule has 0 atom stereocenters. The highest BCUT2D eigenvalue weighted by Crippen LogP contribution is 2.24. The molecule has 2 heteroatoms. The summed E-state index contributed by atoms with van der Waals surface area (Å²) in [6.07, 6.45) is 7.42. The maximum atomic E-state index is 11.1. The molecule has 0 unspecified atom stereocenters. The summed E-state index contributed by atoms with van der Waals surface area (Å²) in [5.74, 6) is -0.835. The zero-order valence-electron chi connectivity index (χ0n) is 12.2. The second kappa shape index (κ2) is 7.78. The van der Waals surface area contributed by atoms with Crippen molar-refractivity contribution in [2.24, 2.45) is 0 Å². The molecule has 0 spiro atoms. The lowest BCUT2D eigenvalue weighted by atomic mass is 9.94. The van der Waals surface area contributed by atoms with Gasteiger partial charge in [-0.15, -0.1) is 0 Å². The number of hydrogen-bond acceptors (Lipinski definition) is 1. The van der Waals surface area contributed by atoms with Gasteiger partial charge in [0.05, 0.1) is 5.56 Å². The molecule has 0 saturated heterocycles. The molecule has 104 valence electrons. The van der Waals surface area contributed by atoms with E-state index in [-0.39, 0.29) is 0 Å². The first-order valence-electron chi connectivity index (χ1n) is 7.19. The van der Waals surface area contributed by atoms with E-state index in [1.54, 1.807) is 6.07 Å². The molecule has 0 heterocycles. The van der Waals surface area contributed by atoms with Crippen molar-refractivity contribution >= 4 is 11.5 Å². The largest absolute Gasteiger partial charge is 0.478 e. The number of unbranched alkanes of at least 4 members (excludes halogenated alkanes) is 1. The third-order valence-corrected chi connectivity index (χ3v) is 3.29. The molecular formula is C17H24O2. The normalized spacial score (nSPS) is 11.6. The molecule has 1 aromatic carbocycles. The van der Waals surface area contributed by atoms with E-state index in [1.165, 1.54) is 11.1 Å². The third-order valence-electron chi connectivity index (χ3n) is 3.29. The van der Waals surface area contributed by atoms with Crippen molar-refractivity contribution < 1.29 is 9.90 Å². The van der Waals surface area contributed by atoms with Gasteiger partial charge in [0, 0.05) is 0 Å². The zero-order valence-corrected chi connectivity index (χ0v) is 12.2. The van der Waals surface area contributed by atoms with Gasteiger partial charge in [0.1, 0.15) is 0 Å². The molecule has 1 N–H and O–H groups in total. The SMILES string of the molecule is CCCC=C(CCC)c1ccc(C(=O)O)c(CC)c1. The van der Waals surface area contributed by atoms with Crippen LogP contribution in [-0.2, 0) is 6.42 Å². The van der Waals surface area contributed by atoms with Gasteiger partial charge >= 0.3 is 5.97 Å². The van der Waals surface area contributed by atoms with Crippen LogP contribution in [0.2, 0.25) is 0 Å². The van der Waals surface area contributed by atoms with Crippen LogP contribution in [0.5, 0.6) is 0 Å². The van der Waals surface area contributed by atoms with E-state index in [0.29, 0.717) is 5.56 Å².